The van der Waals surface area contributed by atoms with Gasteiger partial charge in [-0.2, -0.15) is 0 Å². The lowest BCUT2D eigenvalue weighted by molar-refractivity contribution is 0.103. The number of carbonyl (C=O) groups excluding carboxylic acids is 1. The van der Waals surface area contributed by atoms with Gasteiger partial charge in [0, 0.05) is 24.2 Å². The van der Waals surface area contributed by atoms with Crippen LogP contribution in [0.25, 0.3) is 0 Å². The summed E-state index contributed by atoms with van der Waals surface area (Å²) in [5.74, 6) is 0.134. The maximum Gasteiger partial charge on any atom is 0.197 e. The molecule has 0 spiro atoms. The second-order valence-electron chi connectivity index (χ2n) is 3.46. The van der Waals surface area contributed by atoms with Gasteiger partial charge in [0.25, 0.3) is 0 Å². The molecule has 16 heavy (non-hydrogen) atoms. The molecule has 2 aromatic rings. The Bertz CT molecular complexity index is 490. The molecule has 2 rings (SSSR count). The lowest BCUT2D eigenvalue weighted by atomic mass is 10.0. The standard InChI is InChI=1S/C12H11N3O/c1-8-7-14-6-4-9(8)11(16)10-3-2-5-15-12(10)13/h2-7H,1H3,(H2,13,15). The molecule has 0 bridgehead atoms. The number of ketones is 1. The van der Waals surface area contributed by atoms with Crippen LogP contribution in [0.5, 0.6) is 0 Å². The van der Waals surface area contributed by atoms with Crippen molar-refractivity contribution in [2.24, 2.45) is 0 Å². The number of nitrogens with zero attached hydrogens (tertiary/aromatic N) is 2. The molecular weight excluding hydrogens is 202 g/mol. The lowest BCUT2D eigenvalue weighted by Gasteiger charge is -2.05. The van der Waals surface area contributed by atoms with Crippen LogP contribution in [-0.2, 0) is 0 Å². The Balaban J connectivity index is 2.48. The first-order chi connectivity index (χ1) is 7.70. The number of aryl methyl sites for hydroxylation is 1. The zero-order valence-electron chi connectivity index (χ0n) is 8.84. The van der Waals surface area contributed by atoms with Gasteiger partial charge in [0.1, 0.15) is 5.82 Å². The lowest BCUT2D eigenvalue weighted by Crippen LogP contribution is -2.08. The molecule has 0 amide bonds. The van der Waals surface area contributed by atoms with E-state index in [1.54, 1.807) is 36.8 Å². The molecule has 0 fully saturated rings. The summed E-state index contributed by atoms with van der Waals surface area (Å²) in [6.07, 6.45) is 4.80. The summed E-state index contributed by atoms with van der Waals surface area (Å²) in [5, 5.41) is 0. The number of nitrogen functional groups attached to an aromatic ring is 1. The molecule has 2 aromatic heterocycles. The average molecular weight is 213 g/mol. The van der Waals surface area contributed by atoms with E-state index in [1.807, 2.05) is 6.92 Å². The molecule has 2 N–H and O–H groups in total. The van der Waals surface area contributed by atoms with Crippen molar-refractivity contribution in [3.05, 3.63) is 53.5 Å². The number of aromatic nitrogens is 2. The van der Waals surface area contributed by atoms with E-state index in [2.05, 4.69) is 9.97 Å². The fraction of sp³-hybridized carbons (Fsp3) is 0.0833. The fourth-order valence-corrected chi connectivity index (χ4v) is 1.48. The summed E-state index contributed by atoms with van der Waals surface area (Å²) in [7, 11) is 0. The summed E-state index contributed by atoms with van der Waals surface area (Å²) in [5.41, 5.74) is 7.52. The van der Waals surface area contributed by atoms with Gasteiger partial charge in [0.2, 0.25) is 0 Å². The minimum Gasteiger partial charge on any atom is -0.383 e. The molecule has 0 saturated heterocycles. The van der Waals surface area contributed by atoms with Crippen LogP contribution in [0.15, 0.2) is 36.8 Å². The van der Waals surface area contributed by atoms with Crippen LogP contribution in [0.3, 0.4) is 0 Å². The number of anilines is 1. The van der Waals surface area contributed by atoms with E-state index in [4.69, 9.17) is 5.73 Å². The Morgan fingerprint density at radius 3 is 2.75 bits per heavy atom. The van der Waals surface area contributed by atoms with Crippen molar-refractivity contribution in [1.29, 1.82) is 0 Å². The topological polar surface area (TPSA) is 68.9 Å². The summed E-state index contributed by atoms with van der Waals surface area (Å²) >= 11 is 0. The fourth-order valence-electron chi connectivity index (χ4n) is 1.48. The quantitative estimate of drug-likeness (QED) is 0.769. The van der Waals surface area contributed by atoms with Gasteiger partial charge in [-0.25, -0.2) is 4.98 Å². The zero-order valence-corrected chi connectivity index (χ0v) is 8.84. The largest absolute Gasteiger partial charge is 0.383 e. The first-order valence-corrected chi connectivity index (χ1v) is 4.86. The molecule has 0 saturated carbocycles. The van der Waals surface area contributed by atoms with Gasteiger partial charge < -0.3 is 5.73 Å². The maximum atomic E-state index is 12.1. The predicted octanol–water partition coefficient (Wildman–Crippen LogP) is 1.60. The Labute approximate surface area is 93.2 Å². The van der Waals surface area contributed by atoms with Crippen LogP contribution in [0.2, 0.25) is 0 Å². The molecule has 4 heteroatoms. The summed E-state index contributed by atoms with van der Waals surface area (Å²) in [6.45, 7) is 1.84. The monoisotopic (exact) mass is 213 g/mol. The number of pyridine rings is 2. The molecule has 0 unspecified atom stereocenters. The van der Waals surface area contributed by atoms with Crippen LogP contribution in [-0.4, -0.2) is 15.8 Å². The molecule has 2 heterocycles. The highest BCUT2D eigenvalue weighted by molar-refractivity contribution is 6.12. The van der Waals surface area contributed by atoms with Crippen LogP contribution < -0.4 is 5.73 Å². The van der Waals surface area contributed by atoms with Crippen molar-refractivity contribution in [1.82, 2.24) is 9.97 Å². The smallest absolute Gasteiger partial charge is 0.197 e. The number of carbonyl (C=O) groups is 1. The molecule has 0 aliphatic heterocycles. The van der Waals surface area contributed by atoms with Gasteiger partial charge in [-0.1, -0.05) is 0 Å². The highest BCUT2D eigenvalue weighted by Crippen LogP contribution is 2.15. The minimum absolute atomic E-state index is 0.120. The Hall–Kier alpha value is -2.23. The van der Waals surface area contributed by atoms with Gasteiger partial charge >= 0.3 is 0 Å². The minimum atomic E-state index is -0.120. The highest BCUT2D eigenvalue weighted by atomic mass is 16.1. The first kappa shape index (κ1) is 10.3. The van der Waals surface area contributed by atoms with Crippen LogP contribution in [0.4, 0.5) is 5.82 Å². The van der Waals surface area contributed by atoms with Crippen molar-refractivity contribution < 1.29 is 4.79 Å². The number of rotatable bonds is 2. The van der Waals surface area contributed by atoms with E-state index in [1.165, 1.54) is 0 Å². The van der Waals surface area contributed by atoms with Gasteiger partial charge in [-0.15, -0.1) is 0 Å². The molecule has 0 radical (unpaired) electrons. The molecule has 0 aliphatic rings. The average Bonchev–Trinajstić information content (AvgIpc) is 2.29. The van der Waals surface area contributed by atoms with Crippen molar-refractivity contribution >= 4 is 11.6 Å². The Morgan fingerprint density at radius 1 is 1.25 bits per heavy atom. The van der Waals surface area contributed by atoms with Gasteiger partial charge in [0.15, 0.2) is 5.78 Å². The summed E-state index contributed by atoms with van der Waals surface area (Å²) in [6, 6.07) is 5.05. The highest BCUT2D eigenvalue weighted by Gasteiger charge is 2.14. The number of hydrogen-bond acceptors (Lipinski definition) is 4. The second-order valence-corrected chi connectivity index (χ2v) is 3.46. The summed E-state index contributed by atoms with van der Waals surface area (Å²) < 4.78 is 0. The number of nitrogens with two attached hydrogens (primary N) is 1. The van der Waals surface area contributed by atoms with Crippen LogP contribution in [0, 0.1) is 6.92 Å². The molecule has 0 aliphatic carbocycles. The predicted molar refractivity (Wildman–Crippen MR) is 61.1 cm³/mol. The third-order valence-electron chi connectivity index (χ3n) is 2.35. The van der Waals surface area contributed by atoms with Gasteiger partial charge in [0.05, 0.1) is 5.56 Å². The summed E-state index contributed by atoms with van der Waals surface area (Å²) in [4.78, 5) is 20.0. The van der Waals surface area contributed by atoms with E-state index in [0.717, 1.165) is 5.56 Å². The Morgan fingerprint density at radius 2 is 2.06 bits per heavy atom. The van der Waals surface area contributed by atoms with Crippen LogP contribution >= 0.6 is 0 Å². The second kappa shape index (κ2) is 4.10. The van der Waals surface area contributed by atoms with Crippen LogP contribution in [0.1, 0.15) is 21.5 Å². The maximum absolute atomic E-state index is 12.1. The molecular formula is C12H11N3O. The van der Waals surface area contributed by atoms with Crippen molar-refractivity contribution in [2.45, 2.75) is 6.92 Å². The molecule has 80 valence electrons. The van der Waals surface area contributed by atoms with E-state index < -0.39 is 0 Å². The number of hydrogen-bond donors (Lipinski definition) is 1. The normalized spacial score (nSPS) is 10.1. The van der Waals surface area contributed by atoms with Crippen molar-refractivity contribution in [3.63, 3.8) is 0 Å². The first-order valence-electron chi connectivity index (χ1n) is 4.86. The Kier molecular flexibility index (Phi) is 2.64. The van der Waals surface area contributed by atoms with Gasteiger partial charge in [-0.05, 0) is 30.7 Å². The van der Waals surface area contributed by atoms with E-state index in [9.17, 15) is 4.79 Å². The van der Waals surface area contributed by atoms with E-state index in [0.29, 0.717) is 11.1 Å². The molecule has 4 nitrogen and oxygen atoms in total. The van der Waals surface area contributed by atoms with Crippen molar-refractivity contribution in [2.75, 3.05) is 5.73 Å². The van der Waals surface area contributed by atoms with Crippen molar-refractivity contribution in [3.8, 4) is 0 Å². The molecule has 0 atom stereocenters. The third-order valence-corrected chi connectivity index (χ3v) is 2.35. The zero-order chi connectivity index (χ0) is 11.5. The SMILES string of the molecule is Cc1cnccc1C(=O)c1cccnc1N. The van der Waals surface area contributed by atoms with Gasteiger partial charge in [-0.3, -0.25) is 9.78 Å². The van der Waals surface area contributed by atoms with E-state index in [-0.39, 0.29) is 11.6 Å². The third kappa shape index (κ3) is 1.77. The molecule has 0 aromatic carbocycles. The van der Waals surface area contributed by atoms with E-state index >= 15 is 0 Å².